The second-order valence-corrected chi connectivity index (χ2v) is 4.93. The van der Waals surface area contributed by atoms with Crippen LogP contribution in [-0.4, -0.2) is 33.9 Å². The van der Waals surface area contributed by atoms with Gasteiger partial charge in [0, 0.05) is 24.9 Å². The van der Waals surface area contributed by atoms with Gasteiger partial charge in [-0.05, 0) is 45.0 Å². The zero-order chi connectivity index (χ0) is 11.7. The Labute approximate surface area is 102 Å². The minimum atomic E-state index is 1.07. The molecular formula is C14H19N3. The standard InChI is InChI=1S/C14H19N3/c1-12-5-4-6-14-15-13(11-17(12)14)7-10-16-8-2-3-9-16/h4-6,11H,2-3,7-10H2,1H3. The normalized spacial score (nSPS) is 17.0. The van der Waals surface area contributed by atoms with Crippen LogP contribution in [0, 0.1) is 6.92 Å². The van der Waals surface area contributed by atoms with E-state index in [0.29, 0.717) is 0 Å². The van der Waals surface area contributed by atoms with E-state index in [2.05, 4.69) is 45.6 Å². The molecule has 1 aliphatic rings. The molecule has 2 aromatic heterocycles. The molecule has 3 heteroatoms. The van der Waals surface area contributed by atoms with Gasteiger partial charge in [0.25, 0.3) is 0 Å². The van der Waals surface area contributed by atoms with Crippen LogP contribution in [-0.2, 0) is 6.42 Å². The van der Waals surface area contributed by atoms with Crippen molar-refractivity contribution < 1.29 is 0 Å². The molecule has 1 fully saturated rings. The van der Waals surface area contributed by atoms with Crippen LogP contribution in [0.2, 0.25) is 0 Å². The number of nitrogens with zero attached hydrogens (tertiary/aromatic N) is 3. The highest BCUT2D eigenvalue weighted by atomic mass is 15.1. The first kappa shape index (κ1) is 10.8. The maximum absolute atomic E-state index is 4.67. The minimum Gasteiger partial charge on any atom is -0.304 e. The fraction of sp³-hybridized carbons (Fsp3) is 0.500. The Hall–Kier alpha value is -1.35. The minimum absolute atomic E-state index is 1.07. The van der Waals surface area contributed by atoms with Crippen LogP contribution in [0.1, 0.15) is 24.2 Å². The van der Waals surface area contributed by atoms with E-state index in [0.717, 1.165) is 18.6 Å². The second kappa shape index (κ2) is 4.49. The molecule has 0 amide bonds. The Balaban J connectivity index is 1.74. The Morgan fingerprint density at radius 1 is 1.24 bits per heavy atom. The number of aryl methyl sites for hydroxylation is 1. The third-order valence-electron chi connectivity index (χ3n) is 3.63. The van der Waals surface area contributed by atoms with Crippen molar-refractivity contribution in [2.75, 3.05) is 19.6 Å². The van der Waals surface area contributed by atoms with E-state index in [1.807, 2.05) is 0 Å². The van der Waals surface area contributed by atoms with E-state index < -0.39 is 0 Å². The van der Waals surface area contributed by atoms with Crippen molar-refractivity contribution in [1.29, 1.82) is 0 Å². The number of imidazole rings is 1. The van der Waals surface area contributed by atoms with E-state index in [1.54, 1.807) is 0 Å². The van der Waals surface area contributed by atoms with Crippen molar-refractivity contribution in [3.8, 4) is 0 Å². The highest BCUT2D eigenvalue weighted by Crippen LogP contribution is 2.11. The van der Waals surface area contributed by atoms with Gasteiger partial charge in [0.2, 0.25) is 0 Å². The van der Waals surface area contributed by atoms with E-state index >= 15 is 0 Å². The number of likely N-dealkylation sites (tertiary alicyclic amines) is 1. The van der Waals surface area contributed by atoms with E-state index in [4.69, 9.17) is 0 Å². The molecule has 3 rings (SSSR count). The summed E-state index contributed by atoms with van der Waals surface area (Å²) in [4.78, 5) is 7.21. The zero-order valence-electron chi connectivity index (χ0n) is 10.4. The molecule has 0 unspecified atom stereocenters. The summed E-state index contributed by atoms with van der Waals surface area (Å²) in [6.45, 7) is 5.82. The zero-order valence-corrected chi connectivity index (χ0v) is 10.4. The smallest absolute Gasteiger partial charge is 0.137 e. The van der Waals surface area contributed by atoms with Crippen molar-refractivity contribution in [2.45, 2.75) is 26.2 Å². The van der Waals surface area contributed by atoms with Gasteiger partial charge in [0.1, 0.15) is 5.65 Å². The van der Waals surface area contributed by atoms with Crippen LogP contribution in [0.3, 0.4) is 0 Å². The van der Waals surface area contributed by atoms with Crippen molar-refractivity contribution in [1.82, 2.24) is 14.3 Å². The van der Waals surface area contributed by atoms with Crippen molar-refractivity contribution in [3.63, 3.8) is 0 Å². The van der Waals surface area contributed by atoms with Gasteiger partial charge in [0.15, 0.2) is 0 Å². The fourth-order valence-electron chi connectivity index (χ4n) is 2.60. The molecule has 1 saturated heterocycles. The summed E-state index contributed by atoms with van der Waals surface area (Å²) in [6.07, 6.45) is 5.98. The maximum Gasteiger partial charge on any atom is 0.137 e. The fourth-order valence-corrected chi connectivity index (χ4v) is 2.60. The van der Waals surface area contributed by atoms with E-state index in [9.17, 15) is 0 Å². The van der Waals surface area contributed by atoms with Gasteiger partial charge in [-0.25, -0.2) is 4.98 Å². The second-order valence-electron chi connectivity index (χ2n) is 4.93. The first-order valence-corrected chi connectivity index (χ1v) is 6.49. The van der Waals surface area contributed by atoms with Crippen molar-refractivity contribution in [3.05, 3.63) is 35.8 Å². The number of rotatable bonds is 3. The van der Waals surface area contributed by atoms with Gasteiger partial charge in [-0.1, -0.05) is 6.07 Å². The molecule has 0 atom stereocenters. The highest BCUT2D eigenvalue weighted by molar-refractivity contribution is 5.41. The summed E-state index contributed by atoms with van der Waals surface area (Å²) in [7, 11) is 0. The number of aromatic nitrogens is 2. The summed E-state index contributed by atoms with van der Waals surface area (Å²) in [5.41, 5.74) is 3.54. The van der Waals surface area contributed by atoms with Crippen LogP contribution in [0.15, 0.2) is 24.4 Å². The molecule has 0 radical (unpaired) electrons. The Bertz CT molecular complexity index is 509. The number of hydrogen-bond acceptors (Lipinski definition) is 2. The summed E-state index contributed by atoms with van der Waals surface area (Å²) in [5.74, 6) is 0. The lowest BCUT2D eigenvalue weighted by Crippen LogP contribution is -2.21. The predicted octanol–water partition coefficient (Wildman–Crippen LogP) is 2.28. The molecule has 3 nitrogen and oxygen atoms in total. The molecule has 3 heterocycles. The topological polar surface area (TPSA) is 20.5 Å². The average Bonchev–Trinajstić information content (AvgIpc) is 2.95. The van der Waals surface area contributed by atoms with Crippen LogP contribution in [0.25, 0.3) is 5.65 Å². The molecule has 0 aliphatic carbocycles. The molecule has 17 heavy (non-hydrogen) atoms. The Kier molecular flexibility index (Phi) is 2.85. The first-order chi connectivity index (χ1) is 8.33. The van der Waals surface area contributed by atoms with Crippen molar-refractivity contribution in [2.24, 2.45) is 0 Å². The molecule has 0 spiro atoms. The van der Waals surface area contributed by atoms with Gasteiger partial charge < -0.3 is 9.30 Å². The molecular weight excluding hydrogens is 210 g/mol. The van der Waals surface area contributed by atoms with Crippen LogP contribution in [0.4, 0.5) is 0 Å². The lowest BCUT2D eigenvalue weighted by Gasteiger charge is -2.12. The van der Waals surface area contributed by atoms with Crippen LogP contribution < -0.4 is 0 Å². The quantitative estimate of drug-likeness (QED) is 0.805. The molecule has 2 aromatic rings. The van der Waals surface area contributed by atoms with Crippen LogP contribution in [0.5, 0.6) is 0 Å². The Morgan fingerprint density at radius 3 is 2.82 bits per heavy atom. The summed E-state index contributed by atoms with van der Waals surface area (Å²) >= 11 is 0. The predicted molar refractivity (Wildman–Crippen MR) is 69.3 cm³/mol. The third-order valence-corrected chi connectivity index (χ3v) is 3.63. The largest absolute Gasteiger partial charge is 0.304 e. The lowest BCUT2D eigenvalue weighted by molar-refractivity contribution is 0.342. The summed E-state index contributed by atoms with van der Waals surface area (Å²) in [6, 6.07) is 6.27. The number of fused-ring (bicyclic) bond motifs is 1. The third kappa shape index (κ3) is 2.20. The Morgan fingerprint density at radius 2 is 2.06 bits per heavy atom. The molecule has 0 aromatic carbocycles. The van der Waals surface area contributed by atoms with Gasteiger partial charge in [-0.2, -0.15) is 0 Å². The van der Waals surface area contributed by atoms with Crippen molar-refractivity contribution >= 4 is 5.65 Å². The summed E-state index contributed by atoms with van der Waals surface area (Å²) in [5, 5.41) is 0. The number of hydrogen-bond donors (Lipinski definition) is 0. The van der Waals surface area contributed by atoms with Gasteiger partial charge >= 0.3 is 0 Å². The summed E-state index contributed by atoms with van der Waals surface area (Å²) < 4.78 is 2.18. The number of pyridine rings is 1. The van der Waals surface area contributed by atoms with Gasteiger partial charge in [-0.3, -0.25) is 0 Å². The lowest BCUT2D eigenvalue weighted by atomic mass is 10.3. The SMILES string of the molecule is Cc1cccc2nc(CCN3CCCC3)cn12. The molecule has 0 saturated carbocycles. The highest BCUT2D eigenvalue weighted by Gasteiger charge is 2.11. The molecule has 0 N–H and O–H groups in total. The van der Waals surface area contributed by atoms with Crippen LogP contribution >= 0.6 is 0 Å². The molecule has 90 valence electrons. The van der Waals surface area contributed by atoms with E-state index in [1.165, 1.54) is 37.3 Å². The molecule has 1 aliphatic heterocycles. The maximum atomic E-state index is 4.67. The van der Waals surface area contributed by atoms with E-state index in [-0.39, 0.29) is 0 Å². The van der Waals surface area contributed by atoms with Gasteiger partial charge in [0.05, 0.1) is 5.69 Å². The first-order valence-electron chi connectivity index (χ1n) is 6.49. The molecule has 0 bridgehead atoms. The van der Waals surface area contributed by atoms with Gasteiger partial charge in [-0.15, -0.1) is 0 Å². The monoisotopic (exact) mass is 229 g/mol. The average molecular weight is 229 g/mol.